The molecule has 1 aromatic rings. The Morgan fingerprint density at radius 3 is 3.17 bits per heavy atom. The molecule has 3 nitrogen and oxygen atoms in total. The van der Waals surface area contributed by atoms with Crippen molar-refractivity contribution in [3.05, 3.63) is 22.4 Å². The highest BCUT2D eigenvalue weighted by Gasteiger charge is 2.22. The average Bonchev–Trinajstić information content (AvgIpc) is 2.93. The summed E-state index contributed by atoms with van der Waals surface area (Å²) in [5, 5.41) is 5.66. The van der Waals surface area contributed by atoms with E-state index in [1.165, 1.54) is 30.6 Å². The zero-order valence-corrected chi connectivity index (χ0v) is 12.2. The van der Waals surface area contributed by atoms with E-state index < -0.39 is 0 Å². The molecule has 0 spiro atoms. The van der Waals surface area contributed by atoms with Crippen LogP contribution in [0.25, 0.3) is 0 Å². The fourth-order valence-corrected chi connectivity index (χ4v) is 4.01. The van der Waals surface area contributed by atoms with Crippen molar-refractivity contribution in [2.24, 2.45) is 0 Å². The summed E-state index contributed by atoms with van der Waals surface area (Å²) in [5.41, 5.74) is 0. The van der Waals surface area contributed by atoms with Gasteiger partial charge in [-0.1, -0.05) is 6.07 Å². The summed E-state index contributed by atoms with van der Waals surface area (Å²) in [5.74, 6) is 2.26. The minimum absolute atomic E-state index is 0.0983. The molecule has 0 aromatic carbocycles. The van der Waals surface area contributed by atoms with E-state index in [4.69, 9.17) is 4.74 Å². The summed E-state index contributed by atoms with van der Waals surface area (Å²) < 4.78 is 4.79. The van der Waals surface area contributed by atoms with Crippen LogP contribution in [0.4, 0.5) is 0 Å². The van der Waals surface area contributed by atoms with Gasteiger partial charge >= 0.3 is 5.97 Å². The number of carbonyl (C=O) groups excluding carboxylic acids is 1. The van der Waals surface area contributed by atoms with Gasteiger partial charge in [-0.3, -0.25) is 4.79 Å². The number of carbonyl (C=O) groups is 1. The molecule has 0 saturated carbocycles. The summed E-state index contributed by atoms with van der Waals surface area (Å²) in [6, 6.07) is 4.73. The standard InChI is InChI=1S/C13H19NO2S2/c1-16-13(15)8-11(12-5-3-7-18-12)14-10-4-2-6-17-9-10/h3,5,7,10-11,14H,2,4,6,8-9H2,1H3. The molecule has 1 aliphatic rings. The maximum Gasteiger partial charge on any atom is 0.307 e. The van der Waals surface area contributed by atoms with E-state index >= 15 is 0 Å². The van der Waals surface area contributed by atoms with E-state index in [1.54, 1.807) is 11.3 Å². The van der Waals surface area contributed by atoms with Crippen molar-refractivity contribution < 1.29 is 9.53 Å². The largest absolute Gasteiger partial charge is 0.469 e. The molecular formula is C13H19NO2S2. The summed E-state index contributed by atoms with van der Waals surface area (Å²) in [4.78, 5) is 12.7. The van der Waals surface area contributed by atoms with E-state index in [0.717, 1.165) is 5.75 Å². The zero-order chi connectivity index (χ0) is 12.8. The third kappa shape index (κ3) is 4.00. The van der Waals surface area contributed by atoms with Crippen LogP contribution >= 0.6 is 23.1 Å². The summed E-state index contributed by atoms with van der Waals surface area (Å²) in [6.07, 6.45) is 2.88. The van der Waals surface area contributed by atoms with E-state index in [-0.39, 0.29) is 12.0 Å². The van der Waals surface area contributed by atoms with Gasteiger partial charge in [0.05, 0.1) is 19.6 Å². The van der Waals surface area contributed by atoms with Gasteiger partial charge in [-0.15, -0.1) is 11.3 Å². The third-order valence-electron chi connectivity index (χ3n) is 3.08. The lowest BCUT2D eigenvalue weighted by atomic mass is 10.1. The van der Waals surface area contributed by atoms with Gasteiger partial charge < -0.3 is 10.1 Å². The van der Waals surface area contributed by atoms with Gasteiger partial charge in [-0.25, -0.2) is 0 Å². The summed E-state index contributed by atoms with van der Waals surface area (Å²) >= 11 is 3.69. The molecule has 1 saturated heterocycles. The molecule has 2 heterocycles. The van der Waals surface area contributed by atoms with E-state index in [0.29, 0.717) is 12.5 Å². The Balaban J connectivity index is 1.97. The van der Waals surface area contributed by atoms with Gasteiger partial charge in [0.25, 0.3) is 0 Å². The number of hydrogen-bond acceptors (Lipinski definition) is 5. The van der Waals surface area contributed by atoms with E-state index in [9.17, 15) is 4.79 Å². The van der Waals surface area contributed by atoms with E-state index in [2.05, 4.69) is 16.8 Å². The van der Waals surface area contributed by atoms with Crippen molar-refractivity contribution in [1.29, 1.82) is 0 Å². The fourth-order valence-electron chi connectivity index (χ4n) is 2.14. The second kappa shape index (κ2) is 7.16. The predicted octanol–water partition coefficient (Wildman–Crippen LogP) is 2.84. The molecule has 18 heavy (non-hydrogen) atoms. The molecule has 2 unspecified atom stereocenters. The summed E-state index contributed by atoms with van der Waals surface area (Å²) in [6.45, 7) is 0. The molecule has 1 aromatic heterocycles. The molecular weight excluding hydrogens is 266 g/mol. The van der Waals surface area contributed by atoms with Gasteiger partial charge in [0.2, 0.25) is 0 Å². The number of thioether (sulfide) groups is 1. The highest BCUT2D eigenvalue weighted by Crippen LogP contribution is 2.26. The van der Waals surface area contributed by atoms with Crippen molar-refractivity contribution in [3.63, 3.8) is 0 Å². The van der Waals surface area contributed by atoms with Gasteiger partial charge in [0.15, 0.2) is 0 Å². The molecule has 100 valence electrons. The van der Waals surface area contributed by atoms with Crippen molar-refractivity contribution in [3.8, 4) is 0 Å². The van der Waals surface area contributed by atoms with Crippen molar-refractivity contribution >= 4 is 29.1 Å². The lowest BCUT2D eigenvalue weighted by Crippen LogP contribution is -2.37. The van der Waals surface area contributed by atoms with Gasteiger partial charge in [-0.2, -0.15) is 11.8 Å². The number of rotatable bonds is 5. The van der Waals surface area contributed by atoms with Crippen molar-refractivity contribution in [2.75, 3.05) is 18.6 Å². The molecule has 0 bridgehead atoms. The SMILES string of the molecule is COC(=O)CC(NC1CCCSC1)c1cccs1. The van der Waals surface area contributed by atoms with Crippen molar-refractivity contribution in [2.45, 2.75) is 31.3 Å². The highest BCUT2D eigenvalue weighted by atomic mass is 32.2. The van der Waals surface area contributed by atoms with Crippen molar-refractivity contribution in [1.82, 2.24) is 5.32 Å². The van der Waals surface area contributed by atoms with Crippen LogP contribution in [-0.4, -0.2) is 30.6 Å². The van der Waals surface area contributed by atoms with Crippen LogP contribution in [0, 0.1) is 0 Å². The number of nitrogens with one attached hydrogen (secondary N) is 1. The Morgan fingerprint density at radius 2 is 2.56 bits per heavy atom. The lowest BCUT2D eigenvalue weighted by molar-refractivity contribution is -0.141. The second-order valence-electron chi connectivity index (χ2n) is 4.43. The summed E-state index contributed by atoms with van der Waals surface area (Å²) in [7, 11) is 1.45. The number of ether oxygens (including phenoxy) is 1. The molecule has 1 fully saturated rings. The Morgan fingerprint density at radius 1 is 1.67 bits per heavy atom. The predicted molar refractivity (Wildman–Crippen MR) is 77.2 cm³/mol. The molecule has 2 rings (SSSR count). The number of hydrogen-bond donors (Lipinski definition) is 1. The molecule has 0 radical (unpaired) electrons. The lowest BCUT2D eigenvalue weighted by Gasteiger charge is -2.27. The average molecular weight is 285 g/mol. The minimum Gasteiger partial charge on any atom is -0.469 e. The Hall–Kier alpha value is -0.520. The quantitative estimate of drug-likeness (QED) is 0.844. The van der Waals surface area contributed by atoms with Crippen LogP contribution in [0.15, 0.2) is 17.5 Å². The first-order valence-corrected chi connectivity index (χ1v) is 8.27. The van der Waals surface area contributed by atoms with Crippen LogP contribution < -0.4 is 5.32 Å². The molecule has 1 N–H and O–H groups in total. The van der Waals surface area contributed by atoms with Gasteiger partial charge in [0, 0.05) is 16.7 Å². The fraction of sp³-hybridized carbons (Fsp3) is 0.615. The molecule has 1 aliphatic heterocycles. The normalized spacial score (nSPS) is 21.5. The molecule has 0 amide bonds. The first-order valence-electron chi connectivity index (χ1n) is 6.23. The minimum atomic E-state index is -0.149. The zero-order valence-electron chi connectivity index (χ0n) is 10.6. The van der Waals surface area contributed by atoms with Gasteiger partial charge in [0.1, 0.15) is 0 Å². The topological polar surface area (TPSA) is 38.3 Å². The van der Waals surface area contributed by atoms with Crippen LogP contribution in [0.3, 0.4) is 0 Å². The van der Waals surface area contributed by atoms with Gasteiger partial charge in [-0.05, 0) is 30.0 Å². The monoisotopic (exact) mass is 285 g/mol. The molecule has 2 atom stereocenters. The van der Waals surface area contributed by atoms with Crippen LogP contribution in [-0.2, 0) is 9.53 Å². The molecule has 5 heteroatoms. The second-order valence-corrected chi connectivity index (χ2v) is 6.56. The Bertz CT molecular complexity index is 361. The Labute approximate surface area is 116 Å². The maximum absolute atomic E-state index is 11.5. The smallest absolute Gasteiger partial charge is 0.307 e. The van der Waals surface area contributed by atoms with E-state index in [1.807, 2.05) is 17.8 Å². The van der Waals surface area contributed by atoms with Crippen LogP contribution in [0.5, 0.6) is 0 Å². The molecule has 0 aliphatic carbocycles. The maximum atomic E-state index is 11.5. The van der Waals surface area contributed by atoms with Crippen LogP contribution in [0.2, 0.25) is 0 Å². The number of thiophene rings is 1. The number of esters is 1. The first-order chi connectivity index (χ1) is 8.79. The highest BCUT2D eigenvalue weighted by molar-refractivity contribution is 7.99. The number of methoxy groups -OCH3 is 1. The Kier molecular flexibility index (Phi) is 5.53. The first kappa shape index (κ1) is 13.9. The van der Waals surface area contributed by atoms with Crippen LogP contribution in [0.1, 0.15) is 30.2 Å². The third-order valence-corrected chi connectivity index (χ3v) is 5.28.